The minimum atomic E-state index is -3.07. The zero-order chi connectivity index (χ0) is 12.7. The van der Waals surface area contributed by atoms with E-state index in [1.165, 1.54) is 0 Å². The van der Waals surface area contributed by atoms with Gasteiger partial charge in [-0.15, -0.1) is 0 Å². The maximum absolute atomic E-state index is 11.9. The van der Waals surface area contributed by atoms with E-state index in [-0.39, 0.29) is 5.75 Å². The van der Waals surface area contributed by atoms with Gasteiger partial charge in [0.25, 0.3) is 0 Å². The minimum Gasteiger partial charge on any atom is -0.265 e. The van der Waals surface area contributed by atoms with Gasteiger partial charge in [-0.3, -0.25) is 4.98 Å². The highest BCUT2D eigenvalue weighted by atomic mass is 32.2. The second kappa shape index (κ2) is 6.71. The van der Waals surface area contributed by atoms with E-state index >= 15 is 0 Å². The summed E-state index contributed by atoms with van der Waals surface area (Å²) in [5.74, 6) is 0.233. The summed E-state index contributed by atoms with van der Waals surface area (Å²) >= 11 is 0. The molecule has 0 aliphatic rings. The van der Waals surface area contributed by atoms with E-state index in [0.717, 1.165) is 12.0 Å². The van der Waals surface area contributed by atoms with Crippen molar-refractivity contribution < 1.29 is 8.42 Å². The monoisotopic (exact) mass is 256 g/mol. The summed E-state index contributed by atoms with van der Waals surface area (Å²) < 4.78 is 25.3. The highest BCUT2D eigenvalue weighted by Crippen LogP contribution is 2.06. The van der Waals surface area contributed by atoms with Crippen LogP contribution in [0.25, 0.3) is 0 Å². The van der Waals surface area contributed by atoms with Gasteiger partial charge >= 0.3 is 0 Å². The maximum atomic E-state index is 11.9. The molecule has 0 aromatic carbocycles. The summed E-state index contributed by atoms with van der Waals surface area (Å²) in [5.41, 5.74) is 1.12. The summed E-state index contributed by atoms with van der Waals surface area (Å²) in [4.78, 5) is 3.94. The molecule has 1 aromatic heterocycles. The van der Waals surface area contributed by atoms with Gasteiger partial charge in [-0.05, 0) is 30.5 Å². The number of nitrogens with zero attached hydrogens (tertiary/aromatic N) is 2. The van der Waals surface area contributed by atoms with E-state index in [0.29, 0.717) is 19.5 Å². The Balaban J connectivity index is 2.59. The Hall–Kier alpha value is -0.940. The number of rotatable bonds is 7. The van der Waals surface area contributed by atoms with Crippen molar-refractivity contribution in [3.05, 3.63) is 30.1 Å². The van der Waals surface area contributed by atoms with Gasteiger partial charge in [0.1, 0.15) is 0 Å². The van der Waals surface area contributed by atoms with Crippen molar-refractivity contribution in [2.24, 2.45) is 0 Å². The van der Waals surface area contributed by atoms with E-state index in [2.05, 4.69) is 4.98 Å². The first-order valence-electron chi connectivity index (χ1n) is 5.97. The van der Waals surface area contributed by atoms with E-state index < -0.39 is 10.0 Å². The van der Waals surface area contributed by atoms with Crippen LogP contribution in [0.2, 0.25) is 0 Å². The number of likely N-dealkylation sites (N-methyl/N-ethyl adjacent to an activating group) is 1. The first-order valence-corrected chi connectivity index (χ1v) is 7.57. The summed E-state index contributed by atoms with van der Waals surface area (Å²) in [5, 5.41) is 0. The molecule has 0 radical (unpaired) electrons. The summed E-state index contributed by atoms with van der Waals surface area (Å²) in [6.07, 6.45) is 4.85. The topological polar surface area (TPSA) is 50.3 Å². The Kier molecular flexibility index (Phi) is 5.58. The summed E-state index contributed by atoms with van der Waals surface area (Å²) in [6.45, 7) is 4.84. The Morgan fingerprint density at radius 1 is 1.24 bits per heavy atom. The molecule has 1 heterocycles. The maximum Gasteiger partial charge on any atom is 0.214 e. The lowest BCUT2D eigenvalue weighted by Crippen LogP contribution is -2.34. The van der Waals surface area contributed by atoms with Crippen molar-refractivity contribution in [2.75, 3.05) is 18.8 Å². The van der Waals surface area contributed by atoms with Crippen LogP contribution in [0.1, 0.15) is 25.8 Å². The Bertz CT molecular complexity index is 417. The molecule has 0 aliphatic carbocycles. The first-order chi connectivity index (χ1) is 8.10. The molecule has 0 fully saturated rings. The first kappa shape index (κ1) is 14.1. The standard InChI is InChI=1S/C12H20N2O2S/c1-3-11-17(15,16)14(4-2)10-7-12-5-8-13-9-6-12/h5-6,8-9H,3-4,7,10-11H2,1-2H3. The number of pyridine rings is 1. The van der Waals surface area contributed by atoms with E-state index in [4.69, 9.17) is 0 Å². The average Bonchev–Trinajstić information content (AvgIpc) is 2.30. The van der Waals surface area contributed by atoms with Crippen molar-refractivity contribution in [3.63, 3.8) is 0 Å². The highest BCUT2D eigenvalue weighted by molar-refractivity contribution is 7.89. The molecule has 1 aromatic rings. The molecule has 0 bridgehead atoms. The molecular weight excluding hydrogens is 236 g/mol. The predicted molar refractivity (Wildman–Crippen MR) is 69.3 cm³/mol. The van der Waals surface area contributed by atoms with Crippen LogP contribution in [-0.4, -0.2) is 36.5 Å². The molecule has 96 valence electrons. The van der Waals surface area contributed by atoms with E-state index in [1.54, 1.807) is 16.7 Å². The molecule has 4 nitrogen and oxygen atoms in total. The summed E-state index contributed by atoms with van der Waals surface area (Å²) in [6, 6.07) is 3.83. The molecule has 1 rings (SSSR count). The third kappa shape index (κ3) is 4.44. The van der Waals surface area contributed by atoms with Crippen LogP contribution in [0.5, 0.6) is 0 Å². The highest BCUT2D eigenvalue weighted by Gasteiger charge is 2.18. The van der Waals surface area contributed by atoms with Crippen molar-refractivity contribution >= 4 is 10.0 Å². The fourth-order valence-electron chi connectivity index (χ4n) is 1.68. The van der Waals surface area contributed by atoms with Crippen molar-refractivity contribution in [3.8, 4) is 0 Å². The zero-order valence-electron chi connectivity index (χ0n) is 10.5. The van der Waals surface area contributed by atoms with Crippen LogP contribution in [0.3, 0.4) is 0 Å². The van der Waals surface area contributed by atoms with Gasteiger partial charge in [-0.1, -0.05) is 13.8 Å². The molecular formula is C12H20N2O2S. The molecule has 0 aliphatic heterocycles. The van der Waals surface area contributed by atoms with Gasteiger partial charge in [0.05, 0.1) is 5.75 Å². The normalized spacial score (nSPS) is 11.9. The lowest BCUT2D eigenvalue weighted by Gasteiger charge is -2.20. The smallest absolute Gasteiger partial charge is 0.214 e. The van der Waals surface area contributed by atoms with Gasteiger partial charge in [-0.25, -0.2) is 12.7 Å². The molecule has 0 unspecified atom stereocenters. The number of aromatic nitrogens is 1. The molecule has 17 heavy (non-hydrogen) atoms. The van der Waals surface area contributed by atoms with Crippen LogP contribution in [0.15, 0.2) is 24.5 Å². The lowest BCUT2D eigenvalue weighted by atomic mass is 10.2. The minimum absolute atomic E-state index is 0.233. The molecule has 0 N–H and O–H groups in total. The number of hydrogen-bond donors (Lipinski definition) is 0. The number of sulfonamides is 1. The van der Waals surface area contributed by atoms with Gasteiger partial charge in [0.15, 0.2) is 0 Å². The van der Waals surface area contributed by atoms with Crippen molar-refractivity contribution in [1.82, 2.24) is 9.29 Å². The quantitative estimate of drug-likeness (QED) is 0.746. The molecule has 0 atom stereocenters. The van der Waals surface area contributed by atoms with Gasteiger partial charge in [0.2, 0.25) is 10.0 Å². The van der Waals surface area contributed by atoms with Crippen molar-refractivity contribution in [1.29, 1.82) is 0 Å². The molecule has 0 amide bonds. The zero-order valence-corrected chi connectivity index (χ0v) is 11.3. The second-order valence-electron chi connectivity index (χ2n) is 3.91. The average molecular weight is 256 g/mol. The third-order valence-electron chi connectivity index (χ3n) is 2.61. The Morgan fingerprint density at radius 3 is 2.41 bits per heavy atom. The largest absolute Gasteiger partial charge is 0.265 e. The SMILES string of the molecule is CCCS(=O)(=O)N(CC)CCc1ccncc1. The molecule has 5 heteroatoms. The fraction of sp³-hybridized carbons (Fsp3) is 0.583. The van der Waals surface area contributed by atoms with Crippen LogP contribution >= 0.6 is 0 Å². The van der Waals surface area contributed by atoms with Crippen LogP contribution in [-0.2, 0) is 16.4 Å². The van der Waals surface area contributed by atoms with Gasteiger partial charge < -0.3 is 0 Å². The second-order valence-corrected chi connectivity index (χ2v) is 6.00. The van der Waals surface area contributed by atoms with Crippen LogP contribution in [0, 0.1) is 0 Å². The van der Waals surface area contributed by atoms with Crippen LogP contribution in [0.4, 0.5) is 0 Å². The molecule has 0 saturated carbocycles. The molecule has 0 spiro atoms. The van der Waals surface area contributed by atoms with E-state index in [1.807, 2.05) is 26.0 Å². The van der Waals surface area contributed by atoms with Crippen molar-refractivity contribution in [2.45, 2.75) is 26.7 Å². The van der Waals surface area contributed by atoms with Crippen LogP contribution < -0.4 is 0 Å². The Morgan fingerprint density at radius 2 is 1.88 bits per heavy atom. The molecule has 0 saturated heterocycles. The number of hydrogen-bond acceptors (Lipinski definition) is 3. The summed E-state index contributed by atoms with van der Waals surface area (Å²) in [7, 11) is -3.07. The lowest BCUT2D eigenvalue weighted by molar-refractivity contribution is 0.430. The third-order valence-corrected chi connectivity index (χ3v) is 4.76. The Labute approximate surface area is 104 Å². The van der Waals surface area contributed by atoms with E-state index in [9.17, 15) is 8.42 Å². The fourth-order valence-corrected chi connectivity index (χ4v) is 3.22. The van der Waals surface area contributed by atoms with Gasteiger partial charge in [0, 0.05) is 25.5 Å². The predicted octanol–water partition coefficient (Wildman–Crippen LogP) is 1.69. The van der Waals surface area contributed by atoms with Gasteiger partial charge in [-0.2, -0.15) is 0 Å².